The molecular formula is C17H27N5O5. The molecular weight excluding hydrogens is 354 g/mol. The van der Waals surface area contributed by atoms with Crippen LogP contribution in [0.1, 0.15) is 40.0 Å². The number of anilines is 1. The van der Waals surface area contributed by atoms with Gasteiger partial charge < -0.3 is 19.3 Å². The molecule has 2 aliphatic rings. The Morgan fingerprint density at radius 3 is 2.70 bits per heavy atom. The normalized spacial score (nSPS) is 23.6. The molecule has 0 radical (unpaired) electrons. The maximum Gasteiger partial charge on any atom is 0.410 e. The fraction of sp³-hybridized carbons (Fsp3) is 0.765. The monoisotopic (exact) mass is 381 g/mol. The van der Waals surface area contributed by atoms with Crippen LogP contribution in [0.15, 0.2) is 6.20 Å². The van der Waals surface area contributed by atoms with Gasteiger partial charge in [0.15, 0.2) is 0 Å². The minimum atomic E-state index is -0.537. The first-order valence-electron chi connectivity index (χ1n) is 9.13. The lowest BCUT2D eigenvalue weighted by Crippen LogP contribution is -2.57. The van der Waals surface area contributed by atoms with Crippen LogP contribution in [0.5, 0.6) is 0 Å². The molecule has 1 aromatic rings. The third-order valence-corrected chi connectivity index (χ3v) is 4.94. The van der Waals surface area contributed by atoms with Crippen LogP contribution in [-0.2, 0) is 16.5 Å². The van der Waals surface area contributed by atoms with E-state index >= 15 is 0 Å². The predicted molar refractivity (Wildman–Crippen MR) is 97.5 cm³/mol. The van der Waals surface area contributed by atoms with E-state index in [0.717, 1.165) is 12.8 Å². The average Bonchev–Trinajstić information content (AvgIpc) is 2.96. The first kappa shape index (κ1) is 19.4. The van der Waals surface area contributed by atoms with Gasteiger partial charge in [-0.25, -0.2) is 9.48 Å². The number of nitro groups is 1. The molecule has 1 unspecified atom stereocenters. The van der Waals surface area contributed by atoms with Gasteiger partial charge in [0.2, 0.25) is 5.82 Å². The summed E-state index contributed by atoms with van der Waals surface area (Å²) in [6.45, 7) is 7.49. The molecule has 27 heavy (non-hydrogen) atoms. The molecule has 150 valence electrons. The van der Waals surface area contributed by atoms with Crippen molar-refractivity contribution in [2.24, 2.45) is 7.05 Å². The maximum atomic E-state index is 12.4. The molecule has 1 aromatic heterocycles. The molecule has 1 spiro atoms. The summed E-state index contributed by atoms with van der Waals surface area (Å²) in [5, 5.41) is 15.2. The van der Waals surface area contributed by atoms with E-state index in [2.05, 4.69) is 5.10 Å². The summed E-state index contributed by atoms with van der Waals surface area (Å²) >= 11 is 0. The number of rotatable bonds is 2. The predicted octanol–water partition coefficient (Wildman–Crippen LogP) is 2.28. The van der Waals surface area contributed by atoms with Gasteiger partial charge in [-0.3, -0.25) is 10.1 Å². The fourth-order valence-electron chi connectivity index (χ4n) is 3.67. The topological polar surface area (TPSA) is 103 Å². The molecule has 1 amide bonds. The number of hydrogen-bond acceptors (Lipinski definition) is 7. The minimum Gasteiger partial charge on any atom is -0.444 e. The largest absolute Gasteiger partial charge is 0.444 e. The third-order valence-electron chi connectivity index (χ3n) is 4.94. The molecule has 1 atom stereocenters. The molecule has 0 N–H and O–H groups in total. The number of hydrogen-bond donors (Lipinski definition) is 0. The van der Waals surface area contributed by atoms with Gasteiger partial charge in [-0.2, -0.15) is 5.10 Å². The number of carbonyl (C=O) groups excluding carboxylic acids is 1. The maximum absolute atomic E-state index is 12.4. The van der Waals surface area contributed by atoms with Gasteiger partial charge in [0.25, 0.3) is 0 Å². The first-order chi connectivity index (χ1) is 12.6. The van der Waals surface area contributed by atoms with Crippen molar-refractivity contribution < 1.29 is 19.2 Å². The number of amides is 1. The number of aromatic nitrogens is 2. The number of aryl methyl sites for hydroxylation is 1. The number of ether oxygens (including phenoxy) is 2. The Morgan fingerprint density at radius 1 is 1.37 bits per heavy atom. The van der Waals surface area contributed by atoms with Crippen LogP contribution in [0, 0.1) is 10.1 Å². The van der Waals surface area contributed by atoms with E-state index in [0.29, 0.717) is 31.9 Å². The highest BCUT2D eigenvalue weighted by Gasteiger charge is 2.43. The molecule has 3 rings (SSSR count). The van der Waals surface area contributed by atoms with Crippen molar-refractivity contribution in [3.8, 4) is 0 Å². The van der Waals surface area contributed by atoms with Gasteiger partial charge in [0.05, 0.1) is 17.1 Å². The molecule has 10 heteroatoms. The Hall–Kier alpha value is -2.36. The molecule has 0 aromatic carbocycles. The standard InChI is InChI=1S/C17H27N5O5/c1-16(2,3)27-15(23)20-8-5-6-17(11-20)7-9-21(12-26-17)14-13(22(24)25)10-18-19(14)4/h10H,5-9,11-12H2,1-4H3. The smallest absolute Gasteiger partial charge is 0.410 e. The number of carbonyl (C=O) groups is 1. The summed E-state index contributed by atoms with van der Waals surface area (Å²) in [6.07, 6.45) is 3.30. The lowest BCUT2D eigenvalue weighted by Gasteiger charge is -2.47. The van der Waals surface area contributed by atoms with E-state index in [-0.39, 0.29) is 18.5 Å². The van der Waals surface area contributed by atoms with Crippen LogP contribution in [0.2, 0.25) is 0 Å². The zero-order valence-corrected chi connectivity index (χ0v) is 16.3. The number of nitrogens with zero attached hydrogens (tertiary/aromatic N) is 5. The number of piperidine rings is 1. The molecule has 2 fully saturated rings. The van der Waals surface area contributed by atoms with Gasteiger partial charge in [-0.1, -0.05) is 0 Å². The van der Waals surface area contributed by atoms with E-state index in [1.807, 2.05) is 25.7 Å². The van der Waals surface area contributed by atoms with Crippen molar-refractivity contribution in [1.82, 2.24) is 14.7 Å². The van der Waals surface area contributed by atoms with Crippen molar-refractivity contribution in [2.75, 3.05) is 31.3 Å². The quantitative estimate of drug-likeness (QED) is 0.572. The highest BCUT2D eigenvalue weighted by molar-refractivity contribution is 5.68. The summed E-state index contributed by atoms with van der Waals surface area (Å²) in [6, 6.07) is 0. The Morgan fingerprint density at radius 2 is 2.11 bits per heavy atom. The molecule has 2 aliphatic heterocycles. The highest BCUT2D eigenvalue weighted by atomic mass is 16.6. The molecule has 0 aliphatic carbocycles. The first-order valence-corrected chi connectivity index (χ1v) is 9.13. The van der Waals surface area contributed by atoms with Crippen LogP contribution in [0.3, 0.4) is 0 Å². The van der Waals surface area contributed by atoms with Crippen molar-refractivity contribution in [3.05, 3.63) is 16.3 Å². The van der Waals surface area contributed by atoms with Crippen molar-refractivity contribution >= 4 is 17.6 Å². The lowest BCUT2D eigenvalue weighted by atomic mass is 9.88. The lowest BCUT2D eigenvalue weighted by molar-refractivity contribution is -0.384. The number of likely N-dealkylation sites (tertiary alicyclic amines) is 1. The molecule has 3 heterocycles. The Kier molecular flexibility index (Phi) is 5.02. The van der Waals surface area contributed by atoms with E-state index in [1.165, 1.54) is 10.9 Å². The minimum absolute atomic E-state index is 0.0314. The van der Waals surface area contributed by atoms with Crippen LogP contribution in [-0.4, -0.2) is 63.3 Å². The van der Waals surface area contributed by atoms with Crippen molar-refractivity contribution in [3.63, 3.8) is 0 Å². The van der Waals surface area contributed by atoms with Gasteiger partial charge in [0, 0.05) is 20.1 Å². The van der Waals surface area contributed by atoms with Crippen LogP contribution in [0.25, 0.3) is 0 Å². The Bertz CT molecular complexity index is 718. The summed E-state index contributed by atoms with van der Waals surface area (Å²) < 4.78 is 13.1. The van der Waals surface area contributed by atoms with Crippen LogP contribution >= 0.6 is 0 Å². The second-order valence-corrected chi connectivity index (χ2v) is 8.21. The zero-order valence-electron chi connectivity index (χ0n) is 16.3. The van der Waals surface area contributed by atoms with Gasteiger partial charge >= 0.3 is 11.8 Å². The zero-order chi connectivity index (χ0) is 19.8. The van der Waals surface area contributed by atoms with E-state index in [9.17, 15) is 14.9 Å². The van der Waals surface area contributed by atoms with Crippen molar-refractivity contribution in [2.45, 2.75) is 51.2 Å². The summed E-state index contributed by atoms with van der Waals surface area (Å²) in [5.41, 5.74) is -1.00. The van der Waals surface area contributed by atoms with Crippen LogP contribution in [0.4, 0.5) is 16.3 Å². The summed E-state index contributed by atoms with van der Waals surface area (Å²) in [4.78, 5) is 26.7. The summed E-state index contributed by atoms with van der Waals surface area (Å²) in [7, 11) is 1.68. The Labute approximate surface area is 158 Å². The Balaban J connectivity index is 1.67. The van der Waals surface area contributed by atoms with E-state index < -0.39 is 16.1 Å². The van der Waals surface area contributed by atoms with Crippen LogP contribution < -0.4 is 4.90 Å². The highest BCUT2D eigenvalue weighted by Crippen LogP contribution is 2.36. The molecule has 0 saturated carbocycles. The third kappa shape index (κ3) is 4.15. The van der Waals surface area contributed by atoms with Gasteiger partial charge in [-0.05, 0) is 40.0 Å². The average molecular weight is 381 g/mol. The van der Waals surface area contributed by atoms with Crippen molar-refractivity contribution in [1.29, 1.82) is 0 Å². The second kappa shape index (κ2) is 6.99. The molecule has 0 bridgehead atoms. The second-order valence-electron chi connectivity index (χ2n) is 8.21. The summed E-state index contributed by atoms with van der Waals surface area (Å²) in [5.74, 6) is 0.439. The van der Waals surface area contributed by atoms with Gasteiger partial charge in [0.1, 0.15) is 18.5 Å². The van der Waals surface area contributed by atoms with E-state index in [1.54, 1.807) is 11.9 Å². The van der Waals surface area contributed by atoms with E-state index in [4.69, 9.17) is 9.47 Å². The SMILES string of the molecule is Cn1ncc([N+](=O)[O-])c1N1CCC2(CCCN(C(=O)OC(C)(C)C)C2)OC1. The molecule has 10 nitrogen and oxygen atoms in total. The fourth-order valence-corrected chi connectivity index (χ4v) is 3.67. The molecule has 2 saturated heterocycles. The van der Waals surface area contributed by atoms with Gasteiger partial charge in [-0.15, -0.1) is 0 Å².